The van der Waals surface area contributed by atoms with Gasteiger partial charge in [-0.15, -0.1) is 0 Å². The Labute approximate surface area is 209 Å². The number of rotatable bonds is 8. The van der Waals surface area contributed by atoms with Crippen molar-refractivity contribution in [2.45, 2.75) is 58.2 Å². The average molecular weight is 485 g/mol. The summed E-state index contributed by atoms with van der Waals surface area (Å²) in [4.78, 5) is 4.99. The fraction of sp³-hybridized carbons (Fsp3) is 0.500. The Bertz CT molecular complexity index is 971. The normalized spacial score (nSPS) is 20.5. The lowest BCUT2D eigenvalue weighted by Gasteiger charge is -2.36. The fourth-order valence-corrected chi connectivity index (χ4v) is 5.37. The van der Waals surface area contributed by atoms with Crippen LogP contribution >= 0.6 is 11.6 Å². The van der Waals surface area contributed by atoms with Gasteiger partial charge in [0.25, 0.3) is 0 Å². The van der Waals surface area contributed by atoms with Gasteiger partial charge in [-0.1, -0.05) is 42.8 Å². The number of hydrogen-bond acceptors (Lipinski definition) is 4. The Kier molecular flexibility index (Phi) is 8.87. The number of anilines is 1. The van der Waals surface area contributed by atoms with Gasteiger partial charge < -0.3 is 15.5 Å². The van der Waals surface area contributed by atoms with E-state index in [0.29, 0.717) is 12.1 Å². The van der Waals surface area contributed by atoms with E-state index in [1.165, 1.54) is 22.9 Å². The molecule has 34 heavy (non-hydrogen) atoms. The molecule has 4 rings (SSSR count). The van der Waals surface area contributed by atoms with Crippen LogP contribution in [-0.4, -0.2) is 54.6 Å². The molecule has 0 spiro atoms. The summed E-state index contributed by atoms with van der Waals surface area (Å²) in [5.74, 6) is -0.192. The van der Waals surface area contributed by atoms with Crippen molar-refractivity contribution in [1.29, 1.82) is 0 Å². The Morgan fingerprint density at radius 2 is 2.00 bits per heavy atom. The smallest absolute Gasteiger partial charge is 0.125 e. The van der Waals surface area contributed by atoms with E-state index < -0.39 is 0 Å². The molecule has 0 radical (unpaired) electrons. The Hall–Kier alpha value is -2.08. The summed E-state index contributed by atoms with van der Waals surface area (Å²) < 4.78 is 13.5. The van der Waals surface area contributed by atoms with Crippen LogP contribution in [0.1, 0.15) is 44.2 Å². The molecule has 0 saturated carbocycles. The number of piperidine rings is 1. The van der Waals surface area contributed by atoms with Crippen molar-refractivity contribution in [3.05, 3.63) is 76.2 Å². The number of hydrogen-bond donors (Lipinski definition) is 2. The second kappa shape index (κ2) is 12.1. The summed E-state index contributed by atoms with van der Waals surface area (Å²) >= 11 is 6.73. The molecule has 0 aliphatic carbocycles. The van der Waals surface area contributed by atoms with Crippen LogP contribution in [0.3, 0.4) is 0 Å². The van der Waals surface area contributed by atoms with Crippen molar-refractivity contribution in [3.63, 3.8) is 0 Å². The van der Waals surface area contributed by atoms with Crippen LogP contribution in [0.25, 0.3) is 0 Å². The van der Waals surface area contributed by atoms with Crippen molar-refractivity contribution in [2.24, 2.45) is 0 Å². The van der Waals surface area contributed by atoms with Crippen molar-refractivity contribution in [1.82, 2.24) is 15.1 Å². The molecule has 2 fully saturated rings. The molecule has 6 heteroatoms. The minimum atomic E-state index is -0.192. The Morgan fingerprint density at radius 1 is 1.18 bits per heavy atom. The molecule has 2 aromatic carbocycles. The third-order valence-corrected chi connectivity index (χ3v) is 7.24. The van der Waals surface area contributed by atoms with E-state index in [9.17, 15) is 4.39 Å². The fourth-order valence-electron chi connectivity index (χ4n) is 5.11. The van der Waals surface area contributed by atoms with E-state index in [1.54, 1.807) is 12.1 Å². The number of likely N-dealkylation sites (tertiary alicyclic amines) is 1. The molecule has 2 N–H and O–H groups in total. The quantitative estimate of drug-likeness (QED) is 0.504. The van der Waals surface area contributed by atoms with Gasteiger partial charge in [-0.3, -0.25) is 4.90 Å². The largest absolute Gasteiger partial charge is 0.382 e. The number of piperazine rings is 1. The maximum Gasteiger partial charge on any atom is 0.125 e. The monoisotopic (exact) mass is 484 g/mol. The second-order valence-electron chi connectivity index (χ2n) is 9.71. The molecule has 2 aliphatic rings. The van der Waals surface area contributed by atoms with E-state index in [0.717, 1.165) is 75.7 Å². The minimum absolute atomic E-state index is 0.192. The number of allylic oxidation sites excluding steroid dienone is 2. The molecule has 0 aromatic heterocycles. The van der Waals surface area contributed by atoms with Gasteiger partial charge >= 0.3 is 0 Å². The molecule has 0 bridgehead atoms. The molecule has 2 aromatic rings. The van der Waals surface area contributed by atoms with E-state index >= 15 is 0 Å². The van der Waals surface area contributed by atoms with Crippen LogP contribution in [0.15, 0.2) is 54.2 Å². The number of halogens is 2. The van der Waals surface area contributed by atoms with Gasteiger partial charge in [-0.05, 0) is 61.6 Å². The lowest BCUT2D eigenvalue weighted by molar-refractivity contribution is 0.199. The SMILES string of the molecule is CCC=C(Cc1ccc(CN2CCNC(C)C2)c(Cl)c1)N1CCC(Nc2cccc(F)c2)CC1. The van der Waals surface area contributed by atoms with Crippen LogP contribution in [0, 0.1) is 5.82 Å². The van der Waals surface area contributed by atoms with Crippen LogP contribution in [0.2, 0.25) is 5.02 Å². The summed E-state index contributed by atoms with van der Waals surface area (Å²) in [6.45, 7) is 10.5. The second-order valence-corrected chi connectivity index (χ2v) is 10.1. The maximum atomic E-state index is 13.5. The lowest BCUT2D eigenvalue weighted by atomic mass is 10.0. The molecule has 1 atom stereocenters. The molecule has 4 nitrogen and oxygen atoms in total. The first-order chi connectivity index (χ1) is 16.5. The molecule has 0 amide bonds. The predicted molar refractivity (Wildman–Crippen MR) is 141 cm³/mol. The molecular weight excluding hydrogens is 447 g/mol. The molecule has 2 aliphatic heterocycles. The van der Waals surface area contributed by atoms with Crippen molar-refractivity contribution >= 4 is 17.3 Å². The van der Waals surface area contributed by atoms with E-state index in [2.05, 4.69) is 58.6 Å². The third-order valence-electron chi connectivity index (χ3n) is 6.89. The van der Waals surface area contributed by atoms with Crippen molar-refractivity contribution in [2.75, 3.05) is 38.0 Å². The highest BCUT2D eigenvalue weighted by atomic mass is 35.5. The zero-order valence-corrected chi connectivity index (χ0v) is 21.3. The Morgan fingerprint density at radius 3 is 2.71 bits per heavy atom. The highest BCUT2D eigenvalue weighted by Crippen LogP contribution is 2.25. The summed E-state index contributed by atoms with van der Waals surface area (Å²) in [7, 11) is 0. The summed E-state index contributed by atoms with van der Waals surface area (Å²) in [5.41, 5.74) is 4.73. The zero-order chi connectivity index (χ0) is 23.9. The average Bonchev–Trinajstić information content (AvgIpc) is 2.81. The van der Waals surface area contributed by atoms with Gasteiger partial charge in [0.1, 0.15) is 5.82 Å². The van der Waals surface area contributed by atoms with Gasteiger partial charge in [-0.25, -0.2) is 4.39 Å². The van der Waals surface area contributed by atoms with E-state index in [1.807, 2.05) is 6.07 Å². The lowest BCUT2D eigenvalue weighted by Crippen LogP contribution is -2.48. The van der Waals surface area contributed by atoms with Gasteiger partial charge in [0.2, 0.25) is 0 Å². The number of nitrogens with zero attached hydrogens (tertiary/aromatic N) is 2. The summed E-state index contributed by atoms with van der Waals surface area (Å²) in [6, 6.07) is 14.3. The van der Waals surface area contributed by atoms with Gasteiger partial charge in [0, 0.05) is 74.2 Å². The third kappa shape index (κ3) is 6.97. The topological polar surface area (TPSA) is 30.5 Å². The van der Waals surface area contributed by atoms with Crippen LogP contribution < -0.4 is 10.6 Å². The van der Waals surface area contributed by atoms with Gasteiger partial charge in [0.15, 0.2) is 0 Å². The summed E-state index contributed by atoms with van der Waals surface area (Å²) in [5, 5.41) is 7.87. The highest BCUT2D eigenvalue weighted by Gasteiger charge is 2.21. The van der Waals surface area contributed by atoms with Crippen molar-refractivity contribution < 1.29 is 4.39 Å². The first-order valence-electron chi connectivity index (χ1n) is 12.7. The van der Waals surface area contributed by atoms with E-state index in [4.69, 9.17) is 11.6 Å². The molecule has 1 unspecified atom stereocenters. The number of nitrogens with one attached hydrogen (secondary N) is 2. The first kappa shape index (κ1) is 25.0. The van der Waals surface area contributed by atoms with Crippen molar-refractivity contribution in [3.8, 4) is 0 Å². The molecular formula is C28H38ClFN4. The predicted octanol–water partition coefficient (Wildman–Crippen LogP) is 5.69. The standard InChI is InChI=1S/C28H38ClFN4/c1-3-5-27(34-13-10-25(11-14-34)32-26-7-4-6-24(30)18-26)16-22-8-9-23(28(29)17-22)20-33-15-12-31-21(2)19-33/h4-9,17-18,21,25,31-32H,3,10-16,19-20H2,1-2H3. The maximum absolute atomic E-state index is 13.5. The van der Waals surface area contributed by atoms with Gasteiger partial charge in [-0.2, -0.15) is 0 Å². The Balaban J connectivity index is 1.33. The van der Waals surface area contributed by atoms with E-state index in [-0.39, 0.29) is 5.82 Å². The van der Waals surface area contributed by atoms with Crippen LogP contribution in [0.5, 0.6) is 0 Å². The zero-order valence-electron chi connectivity index (χ0n) is 20.5. The molecule has 184 valence electrons. The molecule has 2 saturated heterocycles. The number of benzene rings is 2. The first-order valence-corrected chi connectivity index (χ1v) is 13.1. The molecule has 2 heterocycles. The van der Waals surface area contributed by atoms with Crippen LogP contribution in [0.4, 0.5) is 10.1 Å². The summed E-state index contributed by atoms with van der Waals surface area (Å²) in [6.07, 6.45) is 6.36. The minimum Gasteiger partial charge on any atom is -0.382 e. The van der Waals surface area contributed by atoms with Crippen LogP contribution in [-0.2, 0) is 13.0 Å². The van der Waals surface area contributed by atoms with Gasteiger partial charge in [0.05, 0.1) is 0 Å². The highest BCUT2D eigenvalue weighted by molar-refractivity contribution is 6.31.